The first-order valence-corrected chi connectivity index (χ1v) is 6.02. The number of carboxylic acid groups (broad SMARTS) is 1. The third-order valence-electron chi connectivity index (χ3n) is 2.17. The number of carboxylic acids is 1. The summed E-state index contributed by atoms with van der Waals surface area (Å²) in [5.74, 6) is -2.05. The number of amides is 3. The van der Waals surface area contributed by atoms with Crippen molar-refractivity contribution < 1.29 is 23.7 Å². The summed E-state index contributed by atoms with van der Waals surface area (Å²) in [5, 5.41) is 11.9. The van der Waals surface area contributed by atoms with Gasteiger partial charge in [0.2, 0.25) is 5.91 Å². The van der Waals surface area contributed by atoms with Crippen molar-refractivity contribution in [1.82, 2.24) is 10.6 Å². The molecule has 7 nitrogen and oxygen atoms in total. The van der Waals surface area contributed by atoms with Crippen LogP contribution in [0.3, 0.4) is 0 Å². The molecular formula is C9H16N2O5S. The molecule has 0 aromatic rings. The fraction of sp³-hybridized carbons (Fsp3) is 0.667. The van der Waals surface area contributed by atoms with Crippen LogP contribution in [0.2, 0.25) is 0 Å². The first-order chi connectivity index (χ1) is 7.64. The SMILES string of the molecule is CNC(=O)NC(=O)C(C)S(=O)C(C)(C)C(=O)O. The zero-order valence-electron chi connectivity index (χ0n) is 10.1. The minimum absolute atomic E-state index is 0.730. The van der Waals surface area contributed by atoms with Gasteiger partial charge >= 0.3 is 12.0 Å². The van der Waals surface area contributed by atoms with E-state index in [4.69, 9.17) is 5.11 Å². The Labute approximate surface area is 101 Å². The Morgan fingerprint density at radius 2 is 1.76 bits per heavy atom. The molecule has 0 fully saturated rings. The van der Waals surface area contributed by atoms with E-state index >= 15 is 0 Å². The maximum absolute atomic E-state index is 11.9. The molecule has 0 spiro atoms. The molecule has 2 unspecified atom stereocenters. The second kappa shape index (κ2) is 5.76. The summed E-state index contributed by atoms with van der Waals surface area (Å²) in [6, 6.07) is -0.730. The molecule has 0 aliphatic heterocycles. The zero-order valence-corrected chi connectivity index (χ0v) is 10.9. The van der Waals surface area contributed by atoms with Crippen LogP contribution in [0, 0.1) is 0 Å². The summed E-state index contributed by atoms with van der Waals surface area (Å²) in [5.41, 5.74) is 0. The van der Waals surface area contributed by atoms with Gasteiger partial charge in [0.1, 0.15) is 10.00 Å². The van der Waals surface area contributed by atoms with Gasteiger partial charge in [-0.3, -0.25) is 19.1 Å². The summed E-state index contributed by atoms with van der Waals surface area (Å²) < 4.78 is 10.3. The molecule has 3 N–H and O–H groups in total. The van der Waals surface area contributed by atoms with Gasteiger partial charge in [0.25, 0.3) is 0 Å². The van der Waals surface area contributed by atoms with Gasteiger partial charge in [-0.15, -0.1) is 0 Å². The van der Waals surface area contributed by atoms with Gasteiger partial charge in [-0.2, -0.15) is 0 Å². The van der Waals surface area contributed by atoms with Gasteiger partial charge in [0, 0.05) is 7.05 Å². The summed E-state index contributed by atoms with van der Waals surface area (Å²) in [6.45, 7) is 3.82. The van der Waals surface area contributed by atoms with Gasteiger partial charge < -0.3 is 10.4 Å². The van der Waals surface area contributed by atoms with Gasteiger partial charge in [0.15, 0.2) is 0 Å². The average Bonchev–Trinajstić information content (AvgIpc) is 2.26. The number of urea groups is 1. The van der Waals surface area contributed by atoms with E-state index in [0.29, 0.717) is 0 Å². The first kappa shape index (κ1) is 15.6. The van der Waals surface area contributed by atoms with Crippen molar-refractivity contribution in [1.29, 1.82) is 0 Å². The lowest BCUT2D eigenvalue weighted by molar-refractivity contribution is -0.139. The second-order valence-corrected chi connectivity index (χ2v) is 6.15. The monoisotopic (exact) mass is 264 g/mol. The third-order valence-corrected chi connectivity index (χ3v) is 4.21. The van der Waals surface area contributed by atoms with Crippen molar-refractivity contribution in [2.24, 2.45) is 0 Å². The maximum atomic E-state index is 11.9. The molecule has 3 amide bonds. The normalized spacial score (nSPS) is 14.6. The molecule has 98 valence electrons. The molecule has 0 saturated heterocycles. The van der Waals surface area contributed by atoms with Crippen molar-refractivity contribution >= 4 is 28.7 Å². The number of rotatable bonds is 4. The Morgan fingerprint density at radius 1 is 1.29 bits per heavy atom. The van der Waals surface area contributed by atoms with Crippen LogP contribution in [-0.2, 0) is 20.4 Å². The minimum atomic E-state index is -1.95. The van der Waals surface area contributed by atoms with E-state index in [1.54, 1.807) is 0 Å². The van der Waals surface area contributed by atoms with Crippen LogP contribution in [0.25, 0.3) is 0 Å². The van der Waals surface area contributed by atoms with E-state index in [2.05, 4.69) is 5.32 Å². The van der Waals surface area contributed by atoms with Gasteiger partial charge in [-0.1, -0.05) is 0 Å². The van der Waals surface area contributed by atoms with Crippen LogP contribution in [-0.4, -0.2) is 44.3 Å². The van der Waals surface area contributed by atoms with Crippen molar-refractivity contribution in [3.05, 3.63) is 0 Å². The smallest absolute Gasteiger partial charge is 0.321 e. The zero-order chi connectivity index (χ0) is 13.8. The Hall–Kier alpha value is -1.44. The van der Waals surface area contributed by atoms with Crippen LogP contribution in [0.1, 0.15) is 20.8 Å². The van der Waals surface area contributed by atoms with E-state index in [0.717, 1.165) is 0 Å². The van der Waals surface area contributed by atoms with Crippen molar-refractivity contribution in [3.63, 3.8) is 0 Å². The Bertz CT molecular complexity index is 366. The fourth-order valence-corrected chi connectivity index (χ4v) is 2.21. The number of carbonyl (C=O) groups is 3. The van der Waals surface area contributed by atoms with Gasteiger partial charge in [0.05, 0.1) is 10.8 Å². The number of aliphatic carboxylic acids is 1. The highest BCUT2D eigenvalue weighted by Crippen LogP contribution is 2.17. The molecular weight excluding hydrogens is 248 g/mol. The number of hydrogen-bond acceptors (Lipinski definition) is 4. The largest absolute Gasteiger partial charge is 0.480 e. The molecule has 0 aromatic heterocycles. The number of hydrogen-bond donors (Lipinski definition) is 3. The predicted molar refractivity (Wildman–Crippen MR) is 61.9 cm³/mol. The molecule has 17 heavy (non-hydrogen) atoms. The molecule has 0 heterocycles. The van der Waals surface area contributed by atoms with Gasteiger partial charge in [-0.05, 0) is 20.8 Å². The Kier molecular flexibility index (Phi) is 5.27. The van der Waals surface area contributed by atoms with Crippen molar-refractivity contribution in [3.8, 4) is 0 Å². The summed E-state index contributed by atoms with van der Waals surface area (Å²) in [7, 11) is -0.620. The highest BCUT2D eigenvalue weighted by atomic mass is 32.2. The van der Waals surface area contributed by atoms with E-state index in [1.807, 2.05) is 5.32 Å². The number of nitrogens with one attached hydrogen (secondary N) is 2. The molecule has 0 radical (unpaired) electrons. The van der Waals surface area contributed by atoms with E-state index in [-0.39, 0.29) is 0 Å². The first-order valence-electron chi connectivity index (χ1n) is 4.81. The fourth-order valence-electron chi connectivity index (χ4n) is 0.901. The third kappa shape index (κ3) is 3.81. The molecule has 0 rings (SSSR count). The van der Waals surface area contributed by atoms with Gasteiger partial charge in [-0.25, -0.2) is 4.79 Å². The van der Waals surface area contributed by atoms with E-state index in [1.165, 1.54) is 27.8 Å². The number of carbonyl (C=O) groups excluding carboxylic acids is 2. The Balaban J connectivity index is 4.77. The van der Waals surface area contributed by atoms with E-state index < -0.39 is 38.7 Å². The van der Waals surface area contributed by atoms with Crippen molar-refractivity contribution in [2.45, 2.75) is 30.8 Å². The van der Waals surface area contributed by atoms with E-state index in [9.17, 15) is 18.6 Å². The standard InChI is InChI=1S/C9H16N2O5S/c1-5(6(12)11-8(15)10-4)17(16)9(2,3)7(13)14/h5H,1-4H3,(H,13,14)(H2,10,11,12,15). The van der Waals surface area contributed by atoms with Crippen LogP contribution in [0.15, 0.2) is 0 Å². The highest BCUT2D eigenvalue weighted by molar-refractivity contribution is 7.88. The summed E-state index contributed by atoms with van der Waals surface area (Å²) in [6.07, 6.45) is 0. The van der Waals surface area contributed by atoms with Crippen LogP contribution < -0.4 is 10.6 Å². The highest BCUT2D eigenvalue weighted by Gasteiger charge is 2.40. The molecule has 0 saturated carbocycles. The summed E-state index contributed by atoms with van der Waals surface area (Å²) in [4.78, 5) is 33.2. The lowest BCUT2D eigenvalue weighted by Crippen LogP contribution is -2.49. The van der Waals surface area contributed by atoms with Crippen LogP contribution in [0.4, 0.5) is 4.79 Å². The molecule has 0 aliphatic rings. The molecule has 8 heteroatoms. The molecule has 0 aliphatic carbocycles. The molecule has 0 bridgehead atoms. The molecule has 0 aromatic carbocycles. The predicted octanol–water partition coefficient (Wildman–Crippen LogP) is -0.558. The maximum Gasteiger partial charge on any atom is 0.321 e. The van der Waals surface area contributed by atoms with Crippen LogP contribution in [0.5, 0.6) is 0 Å². The van der Waals surface area contributed by atoms with Crippen LogP contribution >= 0.6 is 0 Å². The quantitative estimate of drug-likeness (QED) is 0.630. The Morgan fingerprint density at radius 3 is 2.12 bits per heavy atom. The minimum Gasteiger partial charge on any atom is -0.480 e. The molecule has 2 atom stereocenters. The van der Waals surface area contributed by atoms with Crippen molar-refractivity contribution in [2.75, 3.05) is 7.05 Å². The lowest BCUT2D eigenvalue weighted by atomic mass is 10.2. The topological polar surface area (TPSA) is 113 Å². The average molecular weight is 264 g/mol. The second-order valence-electron chi connectivity index (χ2n) is 3.82. The number of imide groups is 1. The summed E-state index contributed by atoms with van der Waals surface area (Å²) >= 11 is 0. The lowest BCUT2D eigenvalue weighted by Gasteiger charge is -2.22.